The maximum absolute atomic E-state index is 11.8. The van der Waals surface area contributed by atoms with Crippen molar-refractivity contribution in [1.82, 2.24) is 5.32 Å². The van der Waals surface area contributed by atoms with E-state index in [1.807, 2.05) is 25.1 Å². The Morgan fingerprint density at radius 1 is 1.40 bits per heavy atom. The zero-order valence-corrected chi connectivity index (χ0v) is 12.3. The van der Waals surface area contributed by atoms with Crippen molar-refractivity contribution in [3.63, 3.8) is 0 Å². The number of benzene rings is 1. The molecule has 4 nitrogen and oxygen atoms in total. The number of hydrogen-bond acceptors (Lipinski definition) is 3. The van der Waals surface area contributed by atoms with Gasteiger partial charge in [0.2, 0.25) is 5.91 Å². The van der Waals surface area contributed by atoms with Crippen LogP contribution in [0.3, 0.4) is 0 Å². The molecule has 0 spiro atoms. The molecular formula is C15H19NO3S. The van der Waals surface area contributed by atoms with E-state index in [-0.39, 0.29) is 5.91 Å². The lowest BCUT2D eigenvalue weighted by Crippen LogP contribution is -2.59. The second kappa shape index (κ2) is 6.31. The molecule has 1 aliphatic rings. The van der Waals surface area contributed by atoms with Gasteiger partial charge in [-0.05, 0) is 31.7 Å². The summed E-state index contributed by atoms with van der Waals surface area (Å²) in [7, 11) is 0. The van der Waals surface area contributed by atoms with Gasteiger partial charge in [-0.25, -0.2) is 4.79 Å². The second-order valence-corrected chi connectivity index (χ2v) is 6.26. The predicted octanol–water partition coefficient (Wildman–Crippen LogP) is 2.35. The number of carboxylic acids is 1. The van der Waals surface area contributed by atoms with Crippen molar-refractivity contribution in [2.75, 3.05) is 5.75 Å². The van der Waals surface area contributed by atoms with Gasteiger partial charge in [-0.1, -0.05) is 29.8 Å². The van der Waals surface area contributed by atoms with E-state index in [9.17, 15) is 9.59 Å². The number of rotatable bonds is 6. The number of carbonyl (C=O) groups excluding carboxylic acids is 1. The van der Waals surface area contributed by atoms with Gasteiger partial charge in [-0.15, -0.1) is 11.8 Å². The Kier molecular flexibility index (Phi) is 4.70. The number of hydrogen-bond donors (Lipinski definition) is 2. The summed E-state index contributed by atoms with van der Waals surface area (Å²) in [6, 6.07) is 8.16. The molecule has 1 amide bonds. The smallest absolute Gasteiger partial charge is 0.329 e. The first-order valence-corrected chi connectivity index (χ1v) is 7.85. The minimum Gasteiger partial charge on any atom is -0.480 e. The summed E-state index contributed by atoms with van der Waals surface area (Å²) < 4.78 is 0. The summed E-state index contributed by atoms with van der Waals surface area (Å²) in [6.07, 6.45) is 1.94. The maximum Gasteiger partial charge on any atom is 0.329 e. The van der Waals surface area contributed by atoms with Gasteiger partial charge in [0.1, 0.15) is 5.54 Å². The van der Waals surface area contributed by atoms with E-state index in [1.54, 1.807) is 0 Å². The Bertz CT molecular complexity index is 512. The molecule has 0 bridgehead atoms. The number of carbonyl (C=O) groups is 2. The van der Waals surface area contributed by atoms with Crippen molar-refractivity contribution in [3.8, 4) is 0 Å². The zero-order chi connectivity index (χ0) is 14.6. The summed E-state index contributed by atoms with van der Waals surface area (Å²) in [5.41, 5.74) is 1.38. The number of thioether (sulfide) groups is 1. The fourth-order valence-corrected chi connectivity index (χ4v) is 3.06. The van der Waals surface area contributed by atoms with Crippen LogP contribution < -0.4 is 5.32 Å². The molecule has 20 heavy (non-hydrogen) atoms. The molecule has 0 radical (unpaired) electrons. The average Bonchev–Trinajstić information content (AvgIpc) is 2.33. The third-order valence-corrected chi connectivity index (χ3v) is 4.58. The highest BCUT2D eigenvalue weighted by molar-refractivity contribution is 7.99. The lowest BCUT2D eigenvalue weighted by atomic mass is 9.77. The highest BCUT2D eigenvalue weighted by atomic mass is 32.2. The molecule has 0 aliphatic heterocycles. The van der Waals surface area contributed by atoms with Gasteiger partial charge < -0.3 is 10.4 Å². The first-order valence-electron chi connectivity index (χ1n) is 6.69. The van der Waals surface area contributed by atoms with Crippen molar-refractivity contribution < 1.29 is 14.7 Å². The molecule has 0 saturated heterocycles. The quantitative estimate of drug-likeness (QED) is 0.845. The largest absolute Gasteiger partial charge is 0.480 e. The molecule has 1 saturated carbocycles. The van der Waals surface area contributed by atoms with Gasteiger partial charge >= 0.3 is 5.97 Å². The van der Waals surface area contributed by atoms with Gasteiger partial charge in [-0.3, -0.25) is 4.79 Å². The second-order valence-electron chi connectivity index (χ2n) is 5.27. The van der Waals surface area contributed by atoms with E-state index in [0.29, 0.717) is 18.6 Å². The summed E-state index contributed by atoms with van der Waals surface area (Å²) >= 11 is 1.51. The van der Waals surface area contributed by atoms with Crippen LogP contribution in [0.1, 0.15) is 30.4 Å². The van der Waals surface area contributed by atoms with Crippen LogP contribution in [0.2, 0.25) is 0 Å². The summed E-state index contributed by atoms with van der Waals surface area (Å²) in [4.78, 5) is 23.0. The minimum atomic E-state index is -0.999. The van der Waals surface area contributed by atoms with E-state index in [1.165, 1.54) is 22.9 Å². The van der Waals surface area contributed by atoms with Crippen LogP contribution >= 0.6 is 11.8 Å². The summed E-state index contributed by atoms with van der Waals surface area (Å²) in [6.45, 7) is 2.04. The number of carboxylic acid groups (broad SMARTS) is 1. The molecule has 2 N–H and O–H groups in total. The van der Waals surface area contributed by atoms with Crippen LogP contribution in [0.5, 0.6) is 0 Å². The normalized spacial score (nSPS) is 16.2. The van der Waals surface area contributed by atoms with Crippen LogP contribution in [-0.2, 0) is 15.3 Å². The SMILES string of the molecule is Cc1cccc(CSCC(=O)NC2(C(=O)O)CCC2)c1. The summed E-state index contributed by atoms with van der Waals surface area (Å²) in [5.74, 6) is -0.0523. The van der Waals surface area contributed by atoms with Crippen LogP contribution in [0.15, 0.2) is 24.3 Å². The predicted molar refractivity (Wildman–Crippen MR) is 79.7 cm³/mol. The van der Waals surface area contributed by atoms with E-state index in [4.69, 9.17) is 5.11 Å². The third-order valence-electron chi connectivity index (χ3n) is 3.58. The fourth-order valence-electron chi connectivity index (χ4n) is 2.29. The lowest BCUT2D eigenvalue weighted by molar-refractivity contribution is -0.151. The third kappa shape index (κ3) is 3.54. The Balaban J connectivity index is 1.77. The van der Waals surface area contributed by atoms with Gasteiger partial charge in [0.05, 0.1) is 5.75 Å². The first kappa shape index (κ1) is 14.9. The van der Waals surface area contributed by atoms with Crippen molar-refractivity contribution in [2.45, 2.75) is 37.5 Å². The number of amides is 1. The van der Waals surface area contributed by atoms with E-state index < -0.39 is 11.5 Å². The number of aliphatic carboxylic acids is 1. The molecular weight excluding hydrogens is 274 g/mol. The van der Waals surface area contributed by atoms with Gasteiger partial charge in [0, 0.05) is 5.75 Å². The molecule has 0 unspecified atom stereocenters. The Morgan fingerprint density at radius 2 is 2.15 bits per heavy atom. The van der Waals surface area contributed by atoms with Crippen LogP contribution in [0.25, 0.3) is 0 Å². The van der Waals surface area contributed by atoms with Crippen LogP contribution in [0, 0.1) is 6.92 Å². The summed E-state index contributed by atoms with van der Waals surface area (Å²) in [5, 5.41) is 11.8. The molecule has 1 aliphatic carbocycles. The topological polar surface area (TPSA) is 66.4 Å². The standard InChI is InChI=1S/C15H19NO3S/c1-11-4-2-5-12(8-11)9-20-10-13(17)16-15(14(18)19)6-3-7-15/h2,4-5,8H,3,6-7,9-10H2,1H3,(H,16,17)(H,18,19). The molecule has 0 aromatic heterocycles. The van der Waals surface area contributed by atoms with E-state index in [0.717, 1.165) is 12.2 Å². The van der Waals surface area contributed by atoms with Crippen LogP contribution in [0.4, 0.5) is 0 Å². The van der Waals surface area contributed by atoms with Crippen molar-refractivity contribution in [3.05, 3.63) is 35.4 Å². The first-order chi connectivity index (χ1) is 9.52. The molecule has 2 rings (SSSR count). The molecule has 1 aromatic rings. The van der Waals surface area contributed by atoms with Crippen molar-refractivity contribution in [2.24, 2.45) is 0 Å². The lowest BCUT2D eigenvalue weighted by Gasteiger charge is -2.38. The minimum absolute atomic E-state index is 0.190. The highest BCUT2D eigenvalue weighted by Gasteiger charge is 2.45. The van der Waals surface area contributed by atoms with Crippen molar-refractivity contribution >= 4 is 23.6 Å². The molecule has 1 fully saturated rings. The Hall–Kier alpha value is -1.49. The van der Waals surface area contributed by atoms with E-state index in [2.05, 4.69) is 11.4 Å². The molecule has 5 heteroatoms. The monoisotopic (exact) mass is 293 g/mol. The molecule has 0 heterocycles. The zero-order valence-electron chi connectivity index (χ0n) is 11.5. The highest BCUT2D eigenvalue weighted by Crippen LogP contribution is 2.32. The molecule has 108 valence electrons. The van der Waals surface area contributed by atoms with Crippen LogP contribution in [-0.4, -0.2) is 28.3 Å². The Labute approximate surface area is 123 Å². The number of nitrogens with one attached hydrogen (secondary N) is 1. The maximum atomic E-state index is 11.8. The number of aryl methyl sites for hydroxylation is 1. The molecule has 0 atom stereocenters. The van der Waals surface area contributed by atoms with E-state index >= 15 is 0 Å². The Morgan fingerprint density at radius 3 is 2.70 bits per heavy atom. The van der Waals surface area contributed by atoms with Gasteiger partial charge in [0.25, 0.3) is 0 Å². The average molecular weight is 293 g/mol. The fraction of sp³-hybridized carbons (Fsp3) is 0.467. The van der Waals surface area contributed by atoms with Gasteiger partial charge in [0.15, 0.2) is 0 Å². The van der Waals surface area contributed by atoms with Gasteiger partial charge in [-0.2, -0.15) is 0 Å². The van der Waals surface area contributed by atoms with Crippen molar-refractivity contribution in [1.29, 1.82) is 0 Å². The molecule has 1 aromatic carbocycles.